The summed E-state index contributed by atoms with van der Waals surface area (Å²) in [6.45, 7) is 4.30. The Labute approximate surface area is 166 Å². The number of rotatable bonds is 6. The standard InChI is InChI=1S/C20H19IN2O3/c1-4-26-18-11-14(10-17(21)19(18)25-3)9-15(12-22)20(24)23-16-7-5-6-13(2)8-16/h5-11H,4H2,1-3H3,(H,23,24)/b15-9-. The van der Waals surface area contributed by atoms with E-state index in [1.807, 2.05) is 44.2 Å². The highest BCUT2D eigenvalue weighted by Crippen LogP contribution is 2.34. The van der Waals surface area contributed by atoms with E-state index in [1.54, 1.807) is 19.2 Å². The van der Waals surface area contributed by atoms with Crippen LogP contribution >= 0.6 is 22.6 Å². The number of carbonyl (C=O) groups excluding carboxylic acids is 1. The van der Waals surface area contributed by atoms with E-state index in [4.69, 9.17) is 9.47 Å². The molecule has 0 fully saturated rings. The van der Waals surface area contributed by atoms with Crippen molar-refractivity contribution in [2.75, 3.05) is 19.0 Å². The summed E-state index contributed by atoms with van der Waals surface area (Å²) in [5, 5.41) is 12.1. The van der Waals surface area contributed by atoms with Gasteiger partial charge in [-0.2, -0.15) is 5.26 Å². The molecule has 0 spiro atoms. The van der Waals surface area contributed by atoms with Crippen LogP contribution in [0.5, 0.6) is 11.5 Å². The van der Waals surface area contributed by atoms with Crippen LogP contribution in [0.2, 0.25) is 0 Å². The van der Waals surface area contributed by atoms with E-state index in [2.05, 4.69) is 27.9 Å². The molecule has 5 nitrogen and oxygen atoms in total. The topological polar surface area (TPSA) is 71.3 Å². The number of anilines is 1. The molecule has 0 aliphatic rings. The molecule has 0 saturated heterocycles. The first-order chi connectivity index (χ1) is 12.5. The van der Waals surface area contributed by atoms with Crippen LogP contribution in [-0.4, -0.2) is 19.6 Å². The van der Waals surface area contributed by atoms with Gasteiger partial charge < -0.3 is 14.8 Å². The molecule has 0 aliphatic heterocycles. The molecule has 0 aliphatic carbocycles. The highest BCUT2D eigenvalue weighted by molar-refractivity contribution is 14.1. The predicted octanol–water partition coefficient (Wildman–Crippen LogP) is 4.55. The molecular formula is C20H19IN2O3. The van der Waals surface area contributed by atoms with Crippen molar-refractivity contribution in [1.29, 1.82) is 5.26 Å². The maximum absolute atomic E-state index is 12.4. The molecule has 26 heavy (non-hydrogen) atoms. The first-order valence-corrected chi connectivity index (χ1v) is 9.06. The fourth-order valence-electron chi connectivity index (χ4n) is 2.37. The molecule has 0 aromatic heterocycles. The Morgan fingerprint density at radius 2 is 2.12 bits per heavy atom. The molecule has 2 aromatic carbocycles. The van der Waals surface area contributed by atoms with Gasteiger partial charge in [0.05, 0.1) is 17.3 Å². The molecule has 0 radical (unpaired) electrons. The van der Waals surface area contributed by atoms with Gasteiger partial charge in [-0.05, 0) is 77.9 Å². The van der Waals surface area contributed by atoms with E-state index in [-0.39, 0.29) is 5.57 Å². The maximum Gasteiger partial charge on any atom is 0.266 e. The smallest absolute Gasteiger partial charge is 0.266 e. The fraction of sp³-hybridized carbons (Fsp3) is 0.200. The van der Waals surface area contributed by atoms with Crippen molar-refractivity contribution in [3.05, 3.63) is 56.7 Å². The second-order valence-electron chi connectivity index (χ2n) is 5.46. The monoisotopic (exact) mass is 462 g/mol. The average molecular weight is 462 g/mol. The van der Waals surface area contributed by atoms with Crippen molar-refractivity contribution in [3.63, 3.8) is 0 Å². The molecule has 1 N–H and O–H groups in total. The minimum atomic E-state index is -0.457. The number of benzene rings is 2. The number of amides is 1. The number of nitrogens with one attached hydrogen (secondary N) is 1. The zero-order valence-corrected chi connectivity index (χ0v) is 17.0. The summed E-state index contributed by atoms with van der Waals surface area (Å²) in [7, 11) is 1.57. The molecule has 1 amide bonds. The van der Waals surface area contributed by atoms with Gasteiger partial charge in [0, 0.05) is 5.69 Å². The Morgan fingerprint density at radius 3 is 2.73 bits per heavy atom. The largest absolute Gasteiger partial charge is 0.492 e. The Hall–Kier alpha value is -2.53. The van der Waals surface area contributed by atoms with Gasteiger partial charge in [-0.1, -0.05) is 12.1 Å². The van der Waals surface area contributed by atoms with Crippen LogP contribution in [0.25, 0.3) is 6.08 Å². The van der Waals surface area contributed by atoms with Gasteiger partial charge in [-0.25, -0.2) is 0 Å². The first-order valence-electron chi connectivity index (χ1n) is 7.98. The van der Waals surface area contributed by atoms with Crippen LogP contribution in [0.15, 0.2) is 42.0 Å². The number of methoxy groups -OCH3 is 1. The average Bonchev–Trinajstić information content (AvgIpc) is 2.59. The molecule has 0 heterocycles. The summed E-state index contributed by atoms with van der Waals surface area (Å²) in [6, 6.07) is 13.0. The van der Waals surface area contributed by atoms with Gasteiger partial charge >= 0.3 is 0 Å². The summed E-state index contributed by atoms with van der Waals surface area (Å²) in [5.41, 5.74) is 2.37. The summed E-state index contributed by atoms with van der Waals surface area (Å²) in [6.07, 6.45) is 1.54. The first kappa shape index (κ1) is 19.8. The number of nitriles is 1. The SMILES string of the molecule is CCOc1cc(/C=C(/C#N)C(=O)Nc2cccc(C)c2)cc(I)c1OC. The van der Waals surface area contributed by atoms with Crippen molar-refractivity contribution in [3.8, 4) is 17.6 Å². The van der Waals surface area contributed by atoms with Crippen LogP contribution in [0.3, 0.4) is 0 Å². The van der Waals surface area contributed by atoms with Gasteiger partial charge in [0.15, 0.2) is 11.5 Å². The highest BCUT2D eigenvalue weighted by atomic mass is 127. The number of halogens is 1. The quantitative estimate of drug-likeness (QED) is 0.389. The second kappa shape index (κ2) is 9.25. The minimum Gasteiger partial charge on any atom is -0.492 e. The second-order valence-corrected chi connectivity index (χ2v) is 6.62. The van der Waals surface area contributed by atoms with E-state index in [0.717, 1.165) is 9.13 Å². The van der Waals surface area contributed by atoms with E-state index in [0.29, 0.717) is 29.4 Å². The predicted molar refractivity (Wildman–Crippen MR) is 110 cm³/mol. The molecule has 6 heteroatoms. The van der Waals surface area contributed by atoms with E-state index in [1.165, 1.54) is 6.08 Å². The molecule has 0 saturated carbocycles. The van der Waals surface area contributed by atoms with Gasteiger partial charge in [-0.15, -0.1) is 0 Å². The van der Waals surface area contributed by atoms with Gasteiger partial charge in [0.1, 0.15) is 11.6 Å². The van der Waals surface area contributed by atoms with Crippen LogP contribution in [0.1, 0.15) is 18.1 Å². The lowest BCUT2D eigenvalue weighted by Gasteiger charge is -2.12. The van der Waals surface area contributed by atoms with Gasteiger partial charge in [0.2, 0.25) is 0 Å². The number of hydrogen-bond acceptors (Lipinski definition) is 4. The molecule has 0 atom stereocenters. The molecular weight excluding hydrogens is 443 g/mol. The number of aryl methyl sites for hydroxylation is 1. The third-order valence-electron chi connectivity index (χ3n) is 3.49. The number of carbonyl (C=O) groups is 1. The van der Waals surface area contributed by atoms with Crippen molar-refractivity contribution in [2.45, 2.75) is 13.8 Å². The zero-order valence-electron chi connectivity index (χ0n) is 14.8. The Balaban J connectivity index is 2.33. The zero-order chi connectivity index (χ0) is 19.1. The summed E-state index contributed by atoms with van der Waals surface area (Å²) in [5.74, 6) is 0.749. The van der Waals surface area contributed by atoms with Crippen LogP contribution < -0.4 is 14.8 Å². The van der Waals surface area contributed by atoms with Crippen molar-refractivity contribution in [1.82, 2.24) is 0 Å². The molecule has 2 rings (SSSR count). The lowest BCUT2D eigenvalue weighted by molar-refractivity contribution is -0.112. The Bertz CT molecular complexity index is 885. The summed E-state index contributed by atoms with van der Waals surface area (Å²) in [4.78, 5) is 12.4. The van der Waals surface area contributed by atoms with E-state index in [9.17, 15) is 10.1 Å². The molecule has 0 bridgehead atoms. The summed E-state index contributed by atoms with van der Waals surface area (Å²) < 4.78 is 11.8. The molecule has 2 aromatic rings. The van der Waals surface area contributed by atoms with Crippen LogP contribution in [0.4, 0.5) is 5.69 Å². The number of nitrogens with zero attached hydrogens (tertiary/aromatic N) is 1. The normalized spacial score (nSPS) is 10.8. The lowest BCUT2D eigenvalue weighted by Crippen LogP contribution is -2.13. The van der Waals surface area contributed by atoms with Gasteiger partial charge in [0.25, 0.3) is 5.91 Å². The Kier molecular flexibility index (Phi) is 7.04. The fourth-order valence-corrected chi connectivity index (χ4v) is 3.21. The maximum atomic E-state index is 12.4. The number of ether oxygens (including phenoxy) is 2. The van der Waals surface area contributed by atoms with Crippen LogP contribution in [0, 0.1) is 21.8 Å². The minimum absolute atomic E-state index is 0.00919. The van der Waals surface area contributed by atoms with Gasteiger partial charge in [-0.3, -0.25) is 4.79 Å². The van der Waals surface area contributed by atoms with E-state index >= 15 is 0 Å². The molecule has 0 unspecified atom stereocenters. The van der Waals surface area contributed by atoms with Crippen molar-refractivity contribution < 1.29 is 14.3 Å². The third-order valence-corrected chi connectivity index (χ3v) is 4.29. The Morgan fingerprint density at radius 1 is 1.35 bits per heavy atom. The third kappa shape index (κ3) is 4.99. The number of hydrogen-bond donors (Lipinski definition) is 1. The molecule has 134 valence electrons. The lowest BCUT2D eigenvalue weighted by atomic mass is 10.1. The van der Waals surface area contributed by atoms with Crippen molar-refractivity contribution in [2.24, 2.45) is 0 Å². The van der Waals surface area contributed by atoms with E-state index < -0.39 is 5.91 Å². The van der Waals surface area contributed by atoms with Crippen molar-refractivity contribution >= 4 is 40.3 Å². The summed E-state index contributed by atoms with van der Waals surface area (Å²) >= 11 is 2.13. The van der Waals surface area contributed by atoms with Crippen LogP contribution in [-0.2, 0) is 4.79 Å². The highest BCUT2D eigenvalue weighted by Gasteiger charge is 2.13.